The third kappa shape index (κ3) is 3.15. The predicted molar refractivity (Wildman–Crippen MR) is 111 cm³/mol. The summed E-state index contributed by atoms with van der Waals surface area (Å²) < 4.78 is 5.76. The second-order valence-corrected chi connectivity index (χ2v) is 8.84. The lowest BCUT2D eigenvalue weighted by atomic mass is 10.1. The molecular weight excluding hydrogens is 372 g/mol. The zero-order valence-corrected chi connectivity index (χ0v) is 17.1. The average molecular weight is 397 g/mol. The van der Waals surface area contributed by atoms with Gasteiger partial charge in [-0.25, -0.2) is 0 Å². The molecule has 2 aliphatic rings. The molecule has 0 aromatic heterocycles. The third-order valence-corrected chi connectivity index (χ3v) is 6.58. The highest BCUT2D eigenvalue weighted by Gasteiger charge is 2.57. The average Bonchev–Trinajstić information content (AvgIpc) is 3.17. The minimum atomic E-state index is -0.888. The number of carbonyl (C=O) groups excluding carboxylic acids is 2. The van der Waals surface area contributed by atoms with Gasteiger partial charge in [-0.3, -0.25) is 14.5 Å². The van der Waals surface area contributed by atoms with Crippen molar-refractivity contribution < 1.29 is 14.3 Å². The van der Waals surface area contributed by atoms with Crippen LogP contribution in [0.1, 0.15) is 45.2 Å². The van der Waals surface area contributed by atoms with Gasteiger partial charge in [0.2, 0.25) is 5.91 Å². The number of fused-ring (bicyclic) bond motifs is 3. The molecular formula is C22H24N2O3S. The Hall–Kier alpha value is -2.47. The third-order valence-electron chi connectivity index (χ3n) is 5.11. The number of carbonyl (C=O) groups is 2. The summed E-state index contributed by atoms with van der Waals surface area (Å²) in [6.07, 6.45) is 0.992. The van der Waals surface area contributed by atoms with Crippen LogP contribution < -0.4 is 15.0 Å². The lowest BCUT2D eigenvalue weighted by Gasteiger charge is -2.31. The van der Waals surface area contributed by atoms with E-state index < -0.39 is 4.87 Å². The van der Waals surface area contributed by atoms with Crippen molar-refractivity contribution in [3.05, 3.63) is 54.1 Å². The van der Waals surface area contributed by atoms with Crippen LogP contribution >= 0.6 is 11.8 Å². The number of rotatable bonds is 5. The Kier molecular flexibility index (Phi) is 4.83. The highest BCUT2D eigenvalue weighted by molar-refractivity contribution is 8.02. The van der Waals surface area contributed by atoms with Gasteiger partial charge in [-0.05, 0) is 57.0 Å². The maximum Gasteiger partial charge on any atom is 0.257 e. The molecule has 0 aliphatic carbocycles. The van der Waals surface area contributed by atoms with Crippen molar-refractivity contribution in [1.82, 2.24) is 5.32 Å². The number of ether oxygens (including phenoxy) is 1. The summed E-state index contributed by atoms with van der Waals surface area (Å²) in [7, 11) is 0. The molecule has 28 heavy (non-hydrogen) atoms. The van der Waals surface area contributed by atoms with Crippen LogP contribution in [-0.4, -0.2) is 22.8 Å². The van der Waals surface area contributed by atoms with Gasteiger partial charge < -0.3 is 10.1 Å². The van der Waals surface area contributed by atoms with Gasteiger partial charge in [0.05, 0.1) is 17.8 Å². The minimum absolute atomic E-state index is 0.00702. The predicted octanol–water partition coefficient (Wildman–Crippen LogP) is 4.28. The Morgan fingerprint density at radius 3 is 2.75 bits per heavy atom. The summed E-state index contributed by atoms with van der Waals surface area (Å²) in [4.78, 5) is 27.7. The van der Waals surface area contributed by atoms with Crippen LogP contribution in [0.5, 0.6) is 5.75 Å². The van der Waals surface area contributed by atoms with Crippen LogP contribution in [0.2, 0.25) is 0 Å². The van der Waals surface area contributed by atoms with Crippen LogP contribution in [0.4, 0.5) is 5.69 Å². The number of hydrogen-bond acceptors (Lipinski definition) is 4. The molecule has 6 heteroatoms. The first-order chi connectivity index (χ1) is 13.4. The summed E-state index contributed by atoms with van der Waals surface area (Å²) in [6.45, 7) is 5.92. The quantitative estimate of drug-likeness (QED) is 0.820. The van der Waals surface area contributed by atoms with Gasteiger partial charge in [0.15, 0.2) is 4.87 Å². The number of para-hydroxylation sites is 1. The van der Waals surface area contributed by atoms with E-state index in [4.69, 9.17) is 4.74 Å². The number of hydrogen-bond donors (Lipinski definition) is 1. The lowest BCUT2D eigenvalue weighted by molar-refractivity contribution is -0.125. The van der Waals surface area contributed by atoms with E-state index in [-0.39, 0.29) is 24.0 Å². The summed E-state index contributed by atoms with van der Waals surface area (Å²) in [6, 6.07) is 15.3. The van der Waals surface area contributed by atoms with Gasteiger partial charge in [-0.2, -0.15) is 0 Å². The van der Waals surface area contributed by atoms with Gasteiger partial charge in [-0.15, -0.1) is 0 Å². The van der Waals surface area contributed by atoms with Gasteiger partial charge >= 0.3 is 0 Å². The van der Waals surface area contributed by atoms with E-state index in [1.807, 2.05) is 69.3 Å². The standard InChI is InChI=1S/C22H24N2O3S/c1-14(2)27-17-8-6-7-16(13-17)15(3)23-21(26)22-12-11-20(25)24(22)18-9-4-5-10-19(18)28-22/h4-10,13-15H,11-12H2,1-3H3,(H,23,26). The van der Waals surface area contributed by atoms with E-state index >= 15 is 0 Å². The first-order valence-electron chi connectivity index (χ1n) is 9.59. The van der Waals surface area contributed by atoms with Crippen LogP contribution in [-0.2, 0) is 9.59 Å². The Bertz CT molecular complexity index is 930. The van der Waals surface area contributed by atoms with E-state index in [0.29, 0.717) is 12.8 Å². The molecule has 4 rings (SSSR count). The number of benzene rings is 2. The van der Waals surface area contributed by atoms with Crippen molar-refractivity contribution >= 4 is 29.3 Å². The number of nitrogens with one attached hydrogen (secondary N) is 1. The van der Waals surface area contributed by atoms with Crippen molar-refractivity contribution in [3.63, 3.8) is 0 Å². The van der Waals surface area contributed by atoms with Crippen molar-refractivity contribution in [2.75, 3.05) is 4.90 Å². The Balaban J connectivity index is 1.56. The van der Waals surface area contributed by atoms with Crippen LogP contribution in [0.3, 0.4) is 0 Å². The second kappa shape index (κ2) is 7.17. The summed E-state index contributed by atoms with van der Waals surface area (Å²) in [5.74, 6) is 0.668. The van der Waals surface area contributed by atoms with Gasteiger partial charge in [-0.1, -0.05) is 36.0 Å². The van der Waals surface area contributed by atoms with Crippen molar-refractivity contribution in [1.29, 1.82) is 0 Å². The number of anilines is 1. The number of thioether (sulfide) groups is 1. The van der Waals surface area contributed by atoms with Crippen molar-refractivity contribution in [3.8, 4) is 5.75 Å². The van der Waals surface area contributed by atoms with Gasteiger partial charge in [0, 0.05) is 11.3 Å². The summed E-state index contributed by atoms with van der Waals surface area (Å²) in [5.41, 5.74) is 1.81. The number of amides is 2. The SMILES string of the molecule is CC(C)Oc1cccc(C(C)NC(=O)C23CCC(=O)N2c2ccccc2S3)c1. The summed E-state index contributed by atoms with van der Waals surface area (Å²) >= 11 is 1.48. The molecule has 1 saturated heterocycles. The highest BCUT2D eigenvalue weighted by atomic mass is 32.2. The van der Waals surface area contributed by atoms with E-state index in [0.717, 1.165) is 21.9 Å². The molecule has 146 valence electrons. The fraction of sp³-hybridized carbons (Fsp3) is 0.364. The molecule has 0 saturated carbocycles. The smallest absolute Gasteiger partial charge is 0.257 e. The van der Waals surface area contributed by atoms with Crippen LogP contribution in [0.25, 0.3) is 0 Å². The Morgan fingerprint density at radius 2 is 1.96 bits per heavy atom. The molecule has 2 amide bonds. The zero-order chi connectivity index (χ0) is 19.9. The molecule has 0 bridgehead atoms. The Morgan fingerprint density at radius 1 is 1.18 bits per heavy atom. The fourth-order valence-electron chi connectivity index (χ4n) is 3.82. The highest BCUT2D eigenvalue weighted by Crippen LogP contribution is 2.55. The molecule has 2 aliphatic heterocycles. The van der Waals surface area contributed by atoms with E-state index in [2.05, 4.69) is 5.32 Å². The molecule has 1 N–H and O–H groups in total. The molecule has 2 heterocycles. The molecule has 2 aromatic rings. The topological polar surface area (TPSA) is 58.6 Å². The molecule has 5 nitrogen and oxygen atoms in total. The molecule has 0 spiro atoms. The second-order valence-electron chi connectivity index (χ2n) is 7.52. The molecule has 0 radical (unpaired) electrons. The Labute approximate surface area is 169 Å². The van der Waals surface area contributed by atoms with Gasteiger partial charge in [0.25, 0.3) is 5.91 Å². The fourth-order valence-corrected chi connectivity index (χ4v) is 5.24. The van der Waals surface area contributed by atoms with E-state index in [1.54, 1.807) is 4.90 Å². The molecule has 2 aromatic carbocycles. The maximum absolute atomic E-state index is 13.4. The number of nitrogens with zero attached hydrogens (tertiary/aromatic N) is 1. The lowest BCUT2D eigenvalue weighted by Crippen LogP contribution is -2.52. The van der Waals surface area contributed by atoms with Crippen LogP contribution in [0.15, 0.2) is 53.4 Å². The van der Waals surface area contributed by atoms with Crippen molar-refractivity contribution in [2.24, 2.45) is 0 Å². The van der Waals surface area contributed by atoms with Crippen molar-refractivity contribution in [2.45, 2.75) is 55.5 Å². The molecule has 2 unspecified atom stereocenters. The van der Waals surface area contributed by atoms with Crippen LogP contribution in [0, 0.1) is 0 Å². The molecule has 2 atom stereocenters. The molecule has 1 fully saturated rings. The minimum Gasteiger partial charge on any atom is -0.491 e. The normalized spacial score (nSPS) is 21.4. The van der Waals surface area contributed by atoms with E-state index in [1.165, 1.54) is 11.8 Å². The first-order valence-corrected chi connectivity index (χ1v) is 10.4. The maximum atomic E-state index is 13.4. The van der Waals surface area contributed by atoms with E-state index in [9.17, 15) is 9.59 Å². The largest absolute Gasteiger partial charge is 0.491 e. The monoisotopic (exact) mass is 396 g/mol. The summed E-state index contributed by atoms with van der Waals surface area (Å²) in [5, 5.41) is 3.13. The zero-order valence-electron chi connectivity index (χ0n) is 16.3. The van der Waals surface area contributed by atoms with Gasteiger partial charge in [0.1, 0.15) is 5.75 Å². The first kappa shape index (κ1) is 18.9.